The van der Waals surface area contributed by atoms with E-state index in [0.29, 0.717) is 11.6 Å². The molecule has 6 heteroatoms. The summed E-state index contributed by atoms with van der Waals surface area (Å²) in [6.07, 6.45) is 1.87. The first-order chi connectivity index (χ1) is 12.6. The second-order valence-electron chi connectivity index (χ2n) is 6.75. The van der Waals surface area contributed by atoms with E-state index >= 15 is 0 Å². The predicted octanol–water partition coefficient (Wildman–Crippen LogP) is 3.50. The molecular weight excluding hydrogens is 328 g/mol. The van der Waals surface area contributed by atoms with Crippen molar-refractivity contribution in [2.45, 2.75) is 18.9 Å². The minimum Gasteiger partial charge on any atom is -0.423 e. The number of benzene rings is 2. The van der Waals surface area contributed by atoms with E-state index in [1.54, 1.807) is 0 Å². The first-order valence-corrected chi connectivity index (χ1v) is 8.82. The maximum absolute atomic E-state index is 12.8. The zero-order valence-corrected chi connectivity index (χ0v) is 15.0. The topological polar surface area (TPSA) is 61.6 Å². The van der Waals surface area contributed by atoms with Crippen LogP contribution in [0.25, 0.3) is 11.1 Å². The SMILES string of the molecule is CN(C)c1nc2cc(NC(=O)[C@@H]3CCCN3c3ccccc3)ccc2o1. The van der Waals surface area contributed by atoms with Crippen molar-refractivity contribution in [3.63, 3.8) is 0 Å². The number of nitrogens with zero attached hydrogens (tertiary/aromatic N) is 3. The fraction of sp³-hybridized carbons (Fsp3) is 0.300. The van der Waals surface area contributed by atoms with Gasteiger partial charge in [0.2, 0.25) is 5.91 Å². The first-order valence-electron chi connectivity index (χ1n) is 8.82. The summed E-state index contributed by atoms with van der Waals surface area (Å²) in [5.74, 6) is 0.0158. The van der Waals surface area contributed by atoms with Crippen LogP contribution in [0.1, 0.15) is 12.8 Å². The third kappa shape index (κ3) is 3.10. The number of hydrogen-bond acceptors (Lipinski definition) is 5. The summed E-state index contributed by atoms with van der Waals surface area (Å²) in [6, 6.07) is 16.0. The minimum absolute atomic E-state index is 0.0158. The Morgan fingerprint density at radius 3 is 2.81 bits per heavy atom. The Balaban J connectivity index is 1.53. The number of hydrogen-bond donors (Lipinski definition) is 1. The van der Waals surface area contributed by atoms with E-state index in [9.17, 15) is 4.79 Å². The fourth-order valence-electron chi connectivity index (χ4n) is 3.38. The number of nitrogens with one attached hydrogen (secondary N) is 1. The van der Waals surface area contributed by atoms with Gasteiger partial charge in [-0.05, 0) is 43.2 Å². The fourth-order valence-corrected chi connectivity index (χ4v) is 3.38. The molecule has 1 aromatic heterocycles. The van der Waals surface area contributed by atoms with Crippen molar-refractivity contribution in [2.24, 2.45) is 0 Å². The largest absolute Gasteiger partial charge is 0.423 e. The monoisotopic (exact) mass is 350 g/mol. The van der Waals surface area contributed by atoms with Crippen molar-refractivity contribution >= 4 is 34.4 Å². The van der Waals surface area contributed by atoms with E-state index in [2.05, 4.69) is 27.3 Å². The highest BCUT2D eigenvalue weighted by molar-refractivity contribution is 5.98. The predicted molar refractivity (Wildman–Crippen MR) is 104 cm³/mol. The van der Waals surface area contributed by atoms with E-state index in [0.717, 1.165) is 36.3 Å². The third-order valence-corrected chi connectivity index (χ3v) is 4.67. The highest BCUT2D eigenvalue weighted by Gasteiger charge is 2.30. The van der Waals surface area contributed by atoms with Crippen LogP contribution in [0.4, 0.5) is 17.4 Å². The number of carbonyl (C=O) groups is 1. The maximum atomic E-state index is 12.8. The van der Waals surface area contributed by atoms with Crippen molar-refractivity contribution in [3.05, 3.63) is 48.5 Å². The standard InChI is InChI=1S/C20H22N4O2/c1-23(2)20-22-16-13-14(10-11-18(16)26-20)21-19(25)17-9-6-12-24(17)15-7-4-3-5-8-15/h3-5,7-8,10-11,13,17H,6,9,12H2,1-2H3,(H,21,25)/t17-/m0/s1. The number of fused-ring (bicyclic) bond motifs is 1. The lowest BCUT2D eigenvalue weighted by Gasteiger charge is -2.25. The van der Waals surface area contributed by atoms with E-state index < -0.39 is 0 Å². The number of amides is 1. The van der Waals surface area contributed by atoms with E-state index in [-0.39, 0.29) is 11.9 Å². The summed E-state index contributed by atoms with van der Waals surface area (Å²) < 4.78 is 5.66. The van der Waals surface area contributed by atoms with Gasteiger partial charge < -0.3 is 19.5 Å². The number of para-hydroxylation sites is 1. The lowest BCUT2D eigenvalue weighted by molar-refractivity contribution is -0.117. The van der Waals surface area contributed by atoms with Crippen LogP contribution in [0.5, 0.6) is 0 Å². The van der Waals surface area contributed by atoms with Gasteiger partial charge in [-0.25, -0.2) is 0 Å². The van der Waals surface area contributed by atoms with Crippen molar-refractivity contribution < 1.29 is 9.21 Å². The van der Waals surface area contributed by atoms with Gasteiger partial charge in [-0.3, -0.25) is 4.79 Å². The zero-order valence-electron chi connectivity index (χ0n) is 15.0. The molecule has 134 valence electrons. The molecule has 1 fully saturated rings. The molecule has 3 aromatic rings. The Bertz CT molecular complexity index is 920. The molecule has 1 saturated heterocycles. The minimum atomic E-state index is -0.150. The van der Waals surface area contributed by atoms with Crippen molar-refractivity contribution in [1.82, 2.24) is 4.98 Å². The molecule has 0 aliphatic carbocycles. The number of aromatic nitrogens is 1. The average Bonchev–Trinajstić information content (AvgIpc) is 3.29. The number of anilines is 3. The lowest BCUT2D eigenvalue weighted by atomic mass is 10.2. The zero-order chi connectivity index (χ0) is 18.1. The summed E-state index contributed by atoms with van der Waals surface area (Å²) in [5.41, 5.74) is 3.27. The van der Waals surface area contributed by atoms with Crippen LogP contribution in [0.2, 0.25) is 0 Å². The average molecular weight is 350 g/mol. The molecule has 26 heavy (non-hydrogen) atoms. The molecule has 6 nitrogen and oxygen atoms in total. The van der Waals surface area contributed by atoms with Gasteiger partial charge in [-0.1, -0.05) is 18.2 Å². The Kier molecular flexibility index (Phi) is 4.24. The molecule has 2 heterocycles. The normalized spacial score (nSPS) is 16.8. The van der Waals surface area contributed by atoms with E-state index in [1.807, 2.05) is 55.4 Å². The molecular formula is C20H22N4O2. The summed E-state index contributed by atoms with van der Waals surface area (Å²) in [7, 11) is 3.76. The van der Waals surface area contributed by atoms with Crippen LogP contribution in [0.3, 0.4) is 0 Å². The summed E-state index contributed by atoms with van der Waals surface area (Å²) in [4.78, 5) is 21.3. The second-order valence-corrected chi connectivity index (χ2v) is 6.75. The number of rotatable bonds is 4. The summed E-state index contributed by atoms with van der Waals surface area (Å²) in [6.45, 7) is 0.899. The summed E-state index contributed by atoms with van der Waals surface area (Å²) in [5, 5.41) is 3.04. The van der Waals surface area contributed by atoms with E-state index in [4.69, 9.17) is 4.42 Å². The van der Waals surface area contributed by atoms with Crippen LogP contribution in [0, 0.1) is 0 Å². The van der Waals surface area contributed by atoms with Gasteiger partial charge in [0.15, 0.2) is 5.58 Å². The van der Waals surface area contributed by atoms with Crippen molar-refractivity contribution in [1.29, 1.82) is 0 Å². The van der Waals surface area contributed by atoms with Crippen LogP contribution in [-0.2, 0) is 4.79 Å². The highest BCUT2D eigenvalue weighted by Crippen LogP contribution is 2.27. The van der Waals surface area contributed by atoms with Crippen LogP contribution in [-0.4, -0.2) is 37.6 Å². The Morgan fingerprint density at radius 2 is 2.04 bits per heavy atom. The molecule has 1 aliphatic rings. The van der Waals surface area contributed by atoms with Gasteiger partial charge in [0, 0.05) is 32.0 Å². The lowest BCUT2D eigenvalue weighted by Crippen LogP contribution is -2.39. The molecule has 4 rings (SSSR count). The van der Waals surface area contributed by atoms with Gasteiger partial charge in [-0.15, -0.1) is 0 Å². The molecule has 2 aromatic carbocycles. The van der Waals surface area contributed by atoms with Crippen LogP contribution >= 0.6 is 0 Å². The highest BCUT2D eigenvalue weighted by atomic mass is 16.4. The molecule has 1 atom stereocenters. The van der Waals surface area contributed by atoms with Crippen LogP contribution in [0.15, 0.2) is 52.9 Å². The molecule has 0 bridgehead atoms. The molecule has 1 amide bonds. The van der Waals surface area contributed by atoms with E-state index in [1.165, 1.54) is 0 Å². The Hall–Kier alpha value is -3.02. The first kappa shape index (κ1) is 16.4. The molecule has 0 spiro atoms. The second kappa shape index (κ2) is 6.71. The van der Waals surface area contributed by atoms with Gasteiger partial charge in [0.05, 0.1) is 0 Å². The maximum Gasteiger partial charge on any atom is 0.297 e. The summed E-state index contributed by atoms with van der Waals surface area (Å²) >= 11 is 0. The van der Waals surface area contributed by atoms with Crippen molar-refractivity contribution in [3.8, 4) is 0 Å². The quantitative estimate of drug-likeness (QED) is 0.780. The third-order valence-electron chi connectivity index (χ3n) is 4.67. The number of oxazole rings is 1. The van der Waals surface area contributed by atoms with Gasteiger partial charge in [0.1, 0.15) is 11.6 Å². The van der Waals surface area contributed by atoms with Gasteiger partial charge >= 0.3 is 0 Å². The Labute approximate surface area is 152 Å². The number of carbonyl (C=O) groups excluding carboxylic acids is 1. The van der Waals surface area contributed by atoms with Crippen molar-refractivity contribution in [2.75, 3.05) is 35.8 Å². The smallest absolute Gasteiger partial charge is 0.297 e. The van der Waals surface area contributed by atoms with Gasteiger partial charge in [0.25, 0.3) is 6.01 Å². The van der Waals surface area contributed by atoms with Gasteiger partial charge in [-0.2, -0.15) is 4.98 Å². The molecule has 1 aliphatic heterocycles. The van der Waals surface area contributed by atoms with Crippen LogP contribution < -0.4 is 15.1 Å². The Morgan fingerprint density at radius 1 is 1.23 bits per heavy atom. The molecule has 1 N–H and O–H groups in total. The molecule has 0 radical (unpaired) electrons. The molecule has 0 unspecified atom stereocenters. The molecule has 0 saturated carbocycles.